The van der Waals surface area contributed by atoms with Crippen molar-refractivity contribution < 1.29 is 4.42 Å². The third-order valence-electron chi connectivity index (χ3n) is 10.1. The molecule has 10 rings (SSSR count). The Kier molecular flexibility index (Phi) is 7.14. The van der Waals surface area contributed by atoms with Crippen LogP contribution in [-0.4, -0.2) is 4.98 Å². The zero-order valence-corrected chi connectivity index (χ0v) is 28.3. The first-order valence-electron chi connectivity index (χ1n) is 17.6. The van der Waals surface area contributed by atoms with E-state index in [0.29, 0.717) is 5.89 Å². The lowest BCUT2D eigenvalue weighted by molar-refractivity contribution is 0.620. The number of fused-ring (bicyclic) bond motifs is 7. The molecule has 0 saturated carbocycles. The predicted molar refractivity (Wildman–Crippen MR) is 218 cm³/mol. The summed E-state index contributed by atoms with van der Waals surface area (Å²) in [6.07, 6.45) is 0. The molecule has 0 saturated heterocycles. The molecule has 0 spiro atoms. The fourth-order valence-electron chi connectivity index (χ4n) is 7.50. The van der Waals surface area contributed by atoms with E-state index in [-0.39, 0.29) is 0 Å². The van der Waals surface area contributed by atoms with Crippen molar-refractivity contribution in [2.75, 3.05) is 4.90 Å². The van der Waals surface area contributed by atoms with Crippen LogP contribution in [0.1, 0.15) is 0 Å². The molecule has 0 aliphatic heterocycles. The lowest BCUT2D eigenvalue weighted by atomic mass is 9.95. The first-order valence-corrected chi connectivity index (χ1v) is 17.6. The van der Waals surface area contributed by atoms with Crippen LogP contribution >= 0.6 is 0 Å². The lowest BCUT2D eigenvalue weighted by Crippen LogP contribution is -2.09. The molecule has 52 heavy (non-hydrogen) atoms. The molecule has 3 heteroatoms. The molecule has 0 fully saturated rings. The number of nitrogens with zero attached hydrogens (tertiary/aromatic N) is 2. The van der Waals surface area contributed by atoms with Gasteiger partial charge in [-0.3, -0.25) is 0 Å². The molecule has 0 atom stereocenters. The summed E-state index contributed by atoms with van der Waals surface area (Å²) in [4.78, 5) is 7.42. The van der Waals surface area contributed by atoms with Gasteiger partial charge in [0.15, 0.2) is 5.58 Å². The van der Waals surface area contributed by atoms with E-state index < -0.39 is 0 Å². The van der Waals surface area contributed by atoms with E-state index in [0.717, 1.165) is 49.9 Å². The van der Waals surface area contributed by atoms with Crippen LogP contribution in [-0.2, 0) is 0 Å². The minimum atomic E-state index is 0.634. The van der Waals surface area contributed by atoms with Crippen LogP contribution in [0.15, 0.2) is 199 Å². The van der Waals surface area contributed by atoms with Gasteiger partial charge in [0, 0.05) is 28.0 Å². The molecule has 9 aromatic carbocycles. The van der Waals surface area contributed by atoms with Crippen LogP contribution in [0.4, 0.5) is 17.1 Å². The molecule has 0 amide bonds. The summed E-state index contributed by atoms with van der Waals surface area (Å²) in [5.74, 6) is 0.634. The zero-order valence-electron chi connectivity index (χ0n) is 28.3. The predicted octanol–water partition coefficient (Wildman–Crippen LogP) is 13.8. The van der Waals surface area contributed by atoms with Gasteiger partial charge in [0.2, 0.25) is 5.89 Å². The Morgan fingerprint density at radius 3 is 1.40 bits per heavy atom. The Labute approximate surface area is 301 Å². The van der Waals surface area contributed by atoms with Crippen LogP contribution < -0.4 is 4.90 Å². The van der Waals surface area contributed by atoms with E-state index in [9.17, 15) is 0 Å². The second kappa shape index (κ2) is 12.4. The van der Waals surface area contributed by atoms with Crippen LogP contribution in [0.25, 0.3) is 77.1 Å². The summed E-state index contributed by atoms with van der Waals surface area (Å²) >= 11 is 0. The minimum absolute atomic E-state index is 0.634. The van der Waals surface area contributed by atoms with Gasteiger partial charge in [-0.25, -0.2) is 4.98 Å². The lowest BCUT2D eigenvalue weighted by Gasteiger charge is -2.26. The molecule has 10 aromatic rings. The molecule has 0 unspecified atom stereocenters. The van der Waals surface area contributed by atoms with E-state index in [2.05, 4.69) is 163 Å². The van der Waals surface area contributed by atoms with Crippen LogP contribution in [0.2, 0.25) is 0 Å². The molecule has 3 nitrogen and oxygen atoms in total. The zero-order chi connectivity index (χ0) is 34.4. The Morgan fingerprint density at radius 1 is 0.365 bits per heavy atom. The Morgan fingerprint density at radius 2 is 0.827 bits per heavy atom. The number of hydrogen-bond donors (Lipinski definition) is 0. The molecule has 0 radical (unpaired) electrons. The summed E-state index contributed by atoms with van der Waals surface area (Å²) in [7, 11) is 0. The summed E-state index contributed by atoms with van der Waals surface area (Å²) in [5.41, 5.74) is 10.7. The Hall–Kier alpha value is -6.97. The molecular weight excluding hydrogens is 633 g/mol. The highest BCUT2D eigenvalue weighted by molar-refractivity contribution is 6.26. The smallest absolute Gasteiger partial charge is 0.227 e. The SMILES string of the molecule is c1ccc(-c2ccc(N(c3ccc(-c4ccccc4)cc3)c3ccc4c(ccc5ccc6ccc7oc(-c8ccccc8)nc7c6c54)c3)cc2)cc1. The Balaban J connectivity index is 1.14. The van der Waals surface area contributed by atoms with Gasteiger partial charge in [0.05, 0.1) is 0 Å². The molecule has 1 heterocycles. The highest BCUT2D eigenvalue weighted by Gasteiger charge is 2.18. The fourth-order valence-corrected chi connectivity index (χ4v) is 7.50. The highest BCUT2D eigenvalue weighted by atomic mass is 16.3. The highest BCUT2D eigenvalue weighted by Crippen LogP contribution is 2.42. The number of oxazole rings is 1. The van der Waals surface area contributed by atoms with E-state index >= 15 is 0 Å². The van der Waals surface area contributed by atoms with Crippen molar-refractivity contribution in [1.29, 1.82) is 0 Å². The van der Waals surface area contributed by atoms with Crippen molar-refractivity contribution in [2.24, 2.45) is 0 Å². The largest absolute Gasteiger partial charge is 0.436 e. The second-order valence-electron chi connectivity index (χ2n) is 13.2. The average molecular weight is 665 g/mol. The number of rotatable bonds is 6. The van der Waals surface area contributed by atoms with Gasteiger partial charge in [-0.15, -0.1) is 0 Å². The van der Waals surface area contributed by atoms with Crippen LogP contribution in [0.5, 0.6) is 0 Å². The van der Waals surface area contributed by atoms with Crippen molar-refractivity contribution in [3.8, 4) is 33.7 Å². The summed E-state index contributed by atoms with van der Waals surface area (Å²) < 4.78 is 6.33. The quantitative estimate of drug-likeness (QED) is 0.166. The topological polar surface area (TPSA) is 29.3 Å². The fraction of sp³-hybridized carbons (Fsp3) is 0. The molecule has 244 valence electrons. The van der Waals surface area contributed by atoms with Crippen molar-refractivity contribution >= 4 is 60.5 Å². The van der Waals surface area contributed by atoms with Crippen LogP contribution in [0, 0.1) is 0 Å². The van der Waals surface area contributed by atoms with Gasteiger partial charge in [-0.05, 0) is 104 Å². The second-order valence-corrected chi connectivity index (χ2v) is 13.2. The number of hydrogen-bond acceptors (Lipinski definition) is 3. The maximum Gasteiger partial charge on any atom is 0.227 e. The van der Waals surface area contributed by atoms with Gasteiger partial charge in [0.1, 0.15) is 5.52 Å². The standard InChI is InChI=1S/C49H32N2O/c1-4-10-33(11-5-1)35-20-25-41(26-21-35)51(42-27-22-36(23-28-42)34-12-6-2-7-13-34)43-29-30-44-40(32-43)19-18-37-16-17-38-24-31-45-48(47(38)46(37)44)50-49(52-45)39-14-8-3-9-15-39/h1-32H. The van der Waals surface area contributed by atoms with Gasteiger partial charge in [-0.1, -0.05) is 140 Å². The van der Waals surface area contributed by atoms with Crippen LogP contribution in [0.3, 0.4) is 0 Å². The maximum atomic E-state index is 6.33. The number of aromatic nitrogens is 1. The van der Waals surface area contributed by atoms with Gasteiger partial charge in [0.25, 0.3) is 0 Å². The van der Waals surface area contributed by atoms with E-state index in [4.69, 9.17) is 9.40 Å². The minimum Gasteiger partial charge on any atom is -0.436 e. The van der Waals surface area contributed by atoms with Crippen molar-refractivity contribution in [3.05, 3.63) is 194 Å². The number of benzene rings is 9. The summed E-state index contributed by atoms with van der Waals surface area (Å²) in [6.45, 7) is 0. The first-order chi connectivity index (χ1) is 25.8. The molecule has 0 N–H and O–H groups in total. The summed E-state index contributed by atoms with van der Waals surface area (Å²) in [6, 6.07) is 68.8. The van der Waals surface area contributed by atoms with Crippen molar-refractivity contribution in [1.82, 2.24) is 4.98 Å². The third kappa shape index (κ3) is 5.19. The molecule has 0 aliphatic rings. The first kappa shape index (κ1) is 29.9. The molecule has 0 bridgehead atoms. The average Bonchev–Trinajstić information content (AvgIpc) is 3.67. The molecule has 1 aromatic heterocycles. The van der Waals surface area contributed by atoms with Crippen molar-refractivity contribution in [2.45, 2.75) is 0 Å². The van der Waals surface area contributed by atoms with Gasteiger partial charge >= 0.3 is 0 Å². The third-order valence-corrected chi connectivity index (χ3v) is 10.1. The molecular formula is C49H32N2O. The Bertz CT molecular complexity index is 2780. The normalized spacial score (nSPS) is 11.5. The molecule has 0 aliphatic carbocycles. The van der Waals surface area contributed by atoms with E-state index in [1.807, 2.05) is 36.4 Å². The number of anilines is 3. The summed E-state index contributed by atoms with van der Waals surface area (Å²) in [5, 5.41) is 6.96. The monoisotopic (exact) mass is 664 g/mol. The van der Waals surface area contributed by atoms with E-state index in [1.165, 1.54) is 38.4 Å². The van der Waals surface area contributed by atoms with Gasteiger partial charge in [-0.2, -0.15) is 0 Å². The maximum absolute atomic E-state index is 6.33. The van der Waals surface area contributed by atoms with Gasteiger partial charge < -0.3 is 9.32 Å². The van der Waals surface area contributed by atoms with Crippen molar-refractivity contribution in [3.63, 3.8) is 0 Å². The van der Waals surface area contributed by atoms with E-state index in [1.54, 1.807) is 0 Å².